The van der Waals surface area contributed by atoms with Crippen molar-refractivity contribution in [3.8, 4) is 0 Å². The van der Waals surface area contributed by atoms with Crippen LogP contribution in [0, 0.1) is 0 Å². The number of aromatic nitrogens is 5. The van der Waals surface area contributed by atoms with Crippen LogP contribution in [0.1, 0.15) is 5.56 Å². The Labute approximate surface area is 149 Å². The molecule has 124 valence electrons. The van der Waals surface area contributed by atoms with Crippen LogP contribution in [0.4, 0.5) is 11.6 Å². The highest BCUT2D eigenvalue weighted by molar-refractivity contribution is 7.98. The molecule has 0 fully saturated rings. The van der Waals surface area contributed by atoms with Gasteiger partial charge in [-0.25, -0.2) is 9.67 Å². The van der Waals surface area contributed by atoms with E-state index in [0.29, 0.717) is 12.5 Å². The molecule has 3 heterocycles. The summed E-state index contributed by atoms with van der Waals surface area (Å²) in [6, 6.07) is 12.1. The lowest BCUT2D eigenvalue weighted by Gasteiger charge is -2.07. The van der Waals surface area contributed by atoms with Gasteiger partial charge in [0.2, 0.25) is 5.95 Å². The summed E-state index contributed by atoms with van der Waals surface area (Å²) in [6.07, 6.45) is 9.22. The van der Waals surface area contributed by atoms with Gasteiger partial charge in [-0.05, 0) is 36.1 Å². The molecule has 4 aromatic rings. The molecule has 0 bridgehead atoms. The number of pyridine rings is 1. The number of nitrogens with one attached hydrogen (secondary N) is 1. The molecule has 6 nitrogen and oxygen atoms in total. The molecule has 3 aromatic heterocycles. The molecule has 7 heteroatoms. The van der Waals surface area contributed by atoms with E-state index in [-0.39, 0.29) is 0 Å². The van der Waals surface area contributed by atoms with Crippen molar-refractivity contribution < 1.29 is 0 Å². The third kappa shape index (κ3) is 3.46. The van der Waals surface area contributed by atoms with E-state index in [4.69, 9.17) is 0 Å². The first-order valence-electron chi connectivity index (χ1n) is 7.80. The molecule has 0 radical (unpaired) electrons. The predicted molar refractivity (Wildman–Crippen MR) is 100 cm³/mol. The van der Waals surface area contributed by atoms with Crippen molar-refractivity contribution in [3.05, 3.63) is 66.7 Å². The Morgan fingerprint density at radius 3 is 2.92 bits per heavy atom. The van der Waals surface area contributed by atoms with E-state index in [9.17, 15) is 0 Å². The van der Waals surface area contributed by atoms with Gasteiger partial charge in [0.25, 0.3) is 0 Å². The molecule has 0 spiro atoms. The Hall–Kier alpha value is -2.93. The Morgan fingerprint density at radius 2 is 2.08 bits per heavy atom. The van der Waals surface area contributed by atoms with Crippen molar-refractivity contribution in [2.24, 2.45) is 0 Å². The lowest BCUT2D eigenvalue weighted by molar-refractivity contribution is 0.702. The number of benzene rings is 1. The van der Waals surface area contributed by atoms with E-state index >= 15 is 0 Å². The molecule has 0 saturated carbocycles. The van der Waals surface area contributed by atoms with E-state index in [1.54, 1.807) is 30.4 Å². The zero-order chi connectivity index (χ0) is 17.1. The van der Waals surface area contributed by atoms with Gasteiger partial charge >= 0.3 is 0 Å². The standard InChI is InChI=1S/C18H16N6S/c1-25-16-6-2-5-15(8-16)22-18-20-10-14-11-21-24(17(14)23-18)12-13-4-3-7-19-9-13/h2-11H,12H2,1H3,(H,20,22,23). The second kappa shape index (κ2) is 6.90. The highest BCUT2D eigenvalue weighted by Crippen LogP contribution is 2.22. The van der Waals surface area contributed by atoms with Gasteiger partial charge in [-0.1, -0.05) is 12.1 Å². The summed E-state index contributed by atoms with van der Waals surface area (Å²) in [6.45, 7) is 0.621. The number of rotatable bonds is 5. The maximum atomic E-state index is 4.63. The predicted octanol–water partition coefficient (Wildman–Crippen LogP) is 3.74. The second-order valence-corrected chi connectivity index (χ2v) is 6.37. The highest BCUT2D eigenvalue weighted by atomic mass is 32.2. The number of hydrogen-bond donors (Lipinski definition) is 1. The molecular weight excluding hydrogens is 332 g/mol. The average Bonchev–Trinajstić information content (AvgIpc) is 3.05. The van der Waals surface area contributed by atoms with Crippen molar-refractivity contribution >= 4 is 34.4 Å². The minimum Gasteiger partial charge on any atom is -0.324 e. The largest absolute Gasteiger partial charge is 0.324 e. The van der Waals surface area contributed by atoms with Gasteiger partial charge in [0, 0.05) is 29.2 Å². The van der Waals surface area contributed by atoms with Crippen molar-refractivity contribution in [2.75, 3.05) is 11.6 Å². The Kier molecular flexibility index (Phi) is 4.30. The number of thioether (sulfide) groups is 1. The topological polar surface area (TPSA) is 68.5 Å². The van der Waals surface area contributed by atoms with Crippen LogP contribution in [0.25, 0.3) is 11.0 Å². The maximum absolute atomic E-state index is 4.63. The van der Waals surface area contributed by atoms with Crippen LogP contribution >= 0.6 is 11.8 Å². The molecule has 4 rings (SSSR count). The highest BCUT2D eigenvalue weighted by Gasteiger charge is 2.08. The normalized spacial score (nSPS) is 10.9. The monoisotopic (exact) mass is 348 g/mol. The van der Waals surface area contributed by atoms with Crippen molar-refractivity contribution in [1.82, 2.24) is 24.7 Å². The number of hydrogen-bond acceptors (Lipinski definition) is 6. The van der Waals surface area contributed by atoms with Gasteiger partial charge in [-0.2, -0.15) is 10.1 Å². The number of fused-ring (bicyclic) bond motifs is 1. The van der Waals surface area contributed by atoms with Crippen molar-refractivity contribution in [3.63, 3.8) is 0 Å². The molecule has 0 aliphatic rings. The minimum atomic E-state index is 0.554. The van der Waals surface area contributed by atoms with Gasteiger partial charge in [0.05, 0.1) is 18.1 Å². The summed E-state index contributed by atoms with van der Waals surface area (Å²) in [4.78, 5) is 14.4. The van der Waals surface area contributed by atoms with Crippen molar-refractivity contribution in [2.45, 2.75) is 11.4 Å². The van der Waals surface area contributed by atoms with Gasteiger partial charge < -0.3 is 5.32 Å². The van der Waals surface area contributed by atoms with E-state index in [2.05, 4.69) is 43.8 Å². The molecule has 1 aromatic carbocycles. The van der Waals surface area contributed by atoms with Gasteiger partial charge in [-0.3, -0.25) is 4.98 Å². The molecule has 0 amide bonds. The van der Waals surface area contributed by atoms with Gasteiger partial charge in [0.15, 0.2) is 5.65 Å². The molecule has 0 saturated heterocycles. The van der Waals surface area contributed by atoms with E-state index < -0.39 is 0 Å². The summed E-state index contributed by atoms with van der Waals surface area (Å²) < 4.78 is 1.86. The molecule has 25 heavy (non-hydrogen) atoms. The van der Waals surface area contributed by atoms with Gasteiger partial charge in [0.1, 0.15) is 0 Å². The second-order valence-electron chi connectivity index (χ2n) is 5.49. The zero-order valence-corrected chi connectivity index (χ0v) is 14.4. The van der Waals surface area contributed by atoms with Crippen LogP contribution in [0.5, 0.6) is 0 Å². The van der Waals surface area contributed by atoms with Crippen LogP contribution in [-0.4, -0.2) is 31.0 Å². The molecule has 0 unspecified atom stereocenters. The van der Waals surface area contributed by atoms with E-state index in [1.807, 2.05) is 35.1 Å². The quantitative estimate of drug-likeness (QED) is 0.554. The van der Waals surface area contributed by atoms with Crippen LogP contribution in [0.2, 0.25) is 0 Å². The Balaban J connectivity index is 1.63. The fraction of sp³-hybridized carbons (Fsp3) is 0.111. The van der Waals surface area contributed by atoms with E-state index in [0.717, 1.165) is 22.3 Å². The van der Waals surface area contributed by atoms with Crippen molar-refractivity contribution in [1.29, 1.82) is 0 Å². The zero-order valence-electron chi connectivity index (χ0n) is 13.6. The summed E-state index contributed by atoms with van der Waals surface area (Å²) in [5.74, 6) is 0.554. The van der Waals surface area contributed by atoms with Crippen LogP contribution in [-0.2, 0) is 6.54 Å². The van der Waals surface area contributed by atoms with Crippen LogP contribution in [0.15, 0.2) is 66.1 Å². The fourth-order valence-electron chi connectivity index (χ4n) is 2.54. The van der Waals surface area contributed by atoms with Crippen LogP contribution < -0.4 is 5.32 Å². The molecular formula is C18H16N6S. The Bertz CT molecular complexity index is 999. The molecule has 0 aliphatic heterocycles. The first-order valence-corrected chi connectivity index (χ1v) is 9.03. The summed E-state index contributed by atoms with van der Waals surface area (Å²) in [7, 11) is 0. The Morgan fingerprint density at radius 1 is 1.12 bits per heavy atom. The smallest absolute Gasteiger partial charge is 0.229 e. The third-order valence-electron chi connectivity index (χ3n) is 3.76. The summed E-state index contributed by atoms with van der Waals surface area (Å²) in [5.41, 5.74) is 2.83. The molecule has 1 N–H and O–H groups in total. The summed E-state index contributed by atoms with van der Waals surface area (Å²) in [5, 5.41) is 8.59. The number of anilines is 2. The van der Waals surface area contributed by atoms with Gasteiger partial charge in [-0.15, -0.1) is 11.8 Å². The first-order chi connectivity index (χ1) is 12.3. The SMILES string of the molecule is CSc1cccc(Nc2ncc3cnn(Cc4cccnc4)c3n2)c1. The lowest BCUT2D eigenvalue weighted by Crippen LogP contribution is -2.04. The first kappa shape index (κ1) is 15.6. The maximum Gasteiger partial charge on any atom is 0.229 e. The molecule has 0 aliphatic carbocycles. The lowest BCUT2D eigenvalue weighted by atomic mass is 10.3. The number of nitrogens with zero attached hydrogens (tertiary/aromatic N) is 5. The summed E-state index contributed by atoms with van der Waals surface area (Å²) >= 11 is 1.70. The van der Waals surface area contributed by atoms with Crippen LogP contribution in [0.3, 0.4) is 0 Å². The molecule has 0 atom stereocenters. The fourth-order valence-corrected chi connectivity index (χ4v) is 3.00. The van der Waals surface area contributed by atoms with E-state index in [1.165, 1.54) is 4.90 Å². The average molecular weight is 348 g/mol. The minimum absolute atomic E-state index is 0.554. The third-order valence-corrected chi connectivity index (χ3v) is 4.48.